The van der Waals surface area contributed by atoms with E-state index in [4.69, 9.17) is 18.9 Å². The van der Waals surface area contributed by atoms with Crippen molar-refractivity contribution in [3.8, 4) is 0 Å². The van der Waals surface area contributed by atoms with Crippen molar-refractivity contribution in [2.24, 2.45) is 0 Å². The topological polar surface area (TPSA) is 111 Å². The van der Waals surface area contributed by atoms with E-state index in [1.54, 1.807) is 0 Å². The van der Waals surface area contributed by atoms with E-state index in [2.05, 4.69) is 135 Å². The van der Waals surface area contributed by atoms with Gasteiger partial charge in [0.05, 0.1) is 40.3 Å². The van der Waals surface area contributed by atoms with Crippen molar-refractivity contribution in [3.05, 3.63) is 122 Å². The maximum atomic E-state index is 12.9. The van der Waals surface area contributed by atoms with Crippen molar-refractivity contribution in [2.45, 2.75) is 238 Å². The lowest BCUT2D eigenvalue weighted by Crippen LogP contribution is -2.44. The average Bonchev–Trinajstić information content (AvgIpc) is 3.39. The summed E-state index contributed by atoms with van der Waals surface area (Å²) < 4.78 is 22.6. The first-order valence-corrected chi connectivity index (χ1v) is 30.2. The number of allylic oxidation sites excluding steroid dienone is 20. The second-order valence-electron chi connectivity index (χ2n) is 20.9. The molecule has 2 unspecified atom stereocenters. The van der Waals surface area contributed by atoms with Crippen molar-refractivity contribution < 1.29 is 42.9 Å². The summed E-state index contributed by atoms with van der Waals surface area (Å²) in [6, 6.07) is 0. The molecule has 0 bridgehead atoms. The molecule has 9 nitrogen and oxygen atoms in total. The number of carboxylic acid groups (broad SMARTS) is 1. The summed E-state index contributed by atoms with van der Waals surface area (Å²) >= 11 is 0. The molecule has 0 aromatic heterocycles. The van der Waals surface area contributed by atoms with Gasteiger partial charge < -0.3 is 33.3 Å². The molecule has 0 aromatic rings. The predicted octanol–water partition coefficient (Wildman–Crippen LogP) is 16.7. The third-order valence-corrected chi connectivity index (χ3v) is 12.5. The number of hydrogen-bond donors (Lipinski definition) is 0. The fourth-order valence-corrected chi connectivity index (χ4v) is 7.86. The molecule has 0 aliphatic heterocycles. The van der Waals surface area contributed by atoms with E-state index in [0.717, 1.165) is 96.3 Å². The molecular formula is C67H111NO8. The van der Waals surface area contributed by atoms with Gasteiger partial charge >= 0.3 is 11.9 Å². The van der Waals surface area contributed by atoms with Crippen LogP contribution in [0.2, 0.25) is 0 Å². The van der Waals surface area contributed by atoms with Crippen LogP contribution in [0.1, 0.15) is 226 Å². The molecule has 0 radical (unpaired) electrons. The summed E-state index contributed by atoms with van der Waals surface area (Å²) in [5.41, 5.74) is 0. The fourth-order valence-electron chi connectivity index (χ4n) is 7.86. The van der Waals surface area contributed by atoms with Crippen molar-refractivity contribution >= 4 is 17.9 Å². The zero-order valence-electron chi connectivity index (χ0n) is 49.1. The van der Waals surface area contributed by atoms with E-state index < -0.39 is 24.3 Å². The number of hydrogen-bond acceptors (Lipinski definition) is 8. The van der Waals surface area contributed by atoms with Crippen molar-refractivity contribution in [1.29, 1.82) is 0 Å². The van der Waals surface area contributed by atoms with Crippen LogP contribution in [0.25, 0.3) is 0 Å². The predicted molar refractivity (Wildman–Crippen MR) is 320 cm³/mol. The molecule has 0 saturated carbocycles. The van der Waals surface area contributed by atoms with Crippen LogP contribution in [0.5, 0.6) is 0 Å². The lowest BCUT2D eigenvalue weighted by Gasteiger charge is -2.26. The first-order chi connectivity index (χ1) is 37.1. The van der Waals surface area contributed by atoms with Crippen molar-refractivity contribution in [1.82, 2.24) is 0 Å². The number of carbonyl (C=O) groups is 3. The highest BCUT2D eigenvalue weighted by Crippen LogP contribution is 2.15. The molecule has 9 heteroatoms. The molecule has 0 saturated heterocycles. The van der Waals surface area contributed by atoms with Crippen LogP contribution < -0.4 is 5.11 Å². The summed E-state index contributed by atoms with van der Waals surface area (Å²) in [6.07, 6.45) is 76.8. The Morgan fingerprint density at radius 1 is 0.408 bits per heavy atom. The van der Waals surface area contributed by atoms with E-state index in [1.807, 2.05) is 21.1 Å². The third kappa shape index (κ3) is 57.4. The Bertz CT molecular complexity index is 1660. The van der Waals surface area contributed by atoms with Gasteiger partial charge in [0.2, 0.25) is 0 Å². The lowest BCUT2D eigenvalue weighted by atomic mass is 10.0. The summed E-state index contributed by atoms with van der Waals surface area (Å²) in [5.74, 6) is -2.35. The van der Waals surface area contributed by atoms with E-state index in [0.29, 0.717) is 17.4 Å². The zero-order chi connectivity index (χ0) is 55.5. The number of carboxylic acids is 1. The minimum absolute atomic E-state index is 0.134. The number of esters is 2. The number of rotatable bonds is 54. The van der Waals surface area contributed by atoms with Gasteiger partial charge in [-0.05, 0) is 89.9 Å². The van der Waals surface area contributed by atoms with Crippen LogP contribution in [-0.2, 0) is 33.3 Å². The molecule has 0 aliphatic rings. The van der Waals surface area contributed by atoms with Crippen molar-refractivity contribution in [2.75, 3.05) is 47.5 Å². The Morgan fingerprint density at radius 2 is 0.750 bits per heavy atom. The number of nitrogens with zero attached hydrogens (tertiary/aromatic N) is 1. The molecule has 2 atom stereocenters. The normalized spacial score (nSPS) is 13.6. The molecular weight excluding hydrogens is 947 g/mol. The Hall–Kier alpha value is -4.31. The Kier molecular flexibility index (Phi) is 53.7. The molecule has 0 amide bonds. The number of carbonyl (C=O) groups excluding carboxylic acids is 3. The summed E-state index contributed by atoms with van der Waals surface area (Å²) in [6.45, 7) is 4.58. The molecule has 0 heterocycles. The van der Waals surface area contributed by atoms with E-state index in [-0.39, 0.29) is 38.6 Å². The molecule has 76 heavy (non-hydrogen) atoms. The third-order valence-electron chi connectivity index (χ3n) is 12.5. The first-order valence-electron chi connectivity index (χ1n) is 30.2. The minimum atomic E-state index is -1.64. The number of likely N-dealkylation sites (N-methyl/N-ethyl adjacent to an activating group) is 1. The SMILES string of the molecule is CC/C=C\C/C=C\C/C=C\C/C=C\C/C=C\C/C=C\C/C=C\C/C=C\C/C=C\C/C=C\CCCCC(=O)OC(COC(=O)CCCCCCCCCCCCCCCCCCCC)COC(OCC[N+](C)(C)C)C(=O)[O-]. The van der Waals surface area contributed by atoms with Crippen LogP contribution >= 0.6 is 0 Å². The lowest BCUT2D eigenvalue weighted by molar-refractivity contribution is -0.870. The van der Waals surface area contributed by atoms with Gasteiger partial charge in [0, 0.05) is 12.8 Å². The highest BCUT2D eigenvalue weighted by atomic mass is 16.7. The van der Waals surface area contributed by atoms with Crippen LogP contribution in [0.3, 0.4) is 0 Å². The maximum absolute atomic E-state index is 12.9. The molecule has 0 spiro atoms. The number of quaternary nitrogens is 1. The van der Waals surface area contributed by atoms with Gasteiger partial charge in [0.1, 0.15) is 13.2 Å². The van der Waals surface area contributed by atoms with E-state index in [9.17, 15) is 19.5 Å². The maximum Gasteiger partial charge on any atom is 0.306 e. The molecule has 432 valence electrons. The average molecular weight is 1060 g/mol. The second kappa shape index (κ2) is 56.9. The number of aliphatic carboxylic acids is 1. The monoisotopic (exact) mass is 1060 g/mol. The highest BCUT2D eigenvalue weighted by Gasteiger charge is 2.22. The largest absolute Gasteiger partial charge is 0.545 e. The second-order valence-corrected chi connectivity index (χ2v) is 20.9. The van der Waals surface area contributed by atoms with Gasteiger partial charge in [-0.2, -0.15) is 0 Å². The van der Waals surface area contributed by atoms with E-state index >= 15 is 0 Å². The molecule has 0 fully saturated rings. The molecule has 0 aromatic carbocycles. The molecule has 0 aliphatic carbocycles. The van der Waals surface area contributed by atoms with Gasteiger partial charge in [-0.1, -0.05) is 245 Å². The Labute approximate surface area is 466 Å². The van der Waals surface area contributed by atoms with Crippen LogP contribution in [0, 0.1) is 0 Å². The first kappa shape index (κ1) is 71.7. The van der Waals surface area contributed by atoms with Gasteiger partial charge in [-0.3, -0.25) is 9.59 Å². The molecule has 0 N–H and O–H groups in total. The standard InChI is InChI=1S/C67H111NO8/c1-6-8-10-12-14-16-18-20-22-24-26-27-28-29-30-31-32-33-34-35-36-37-38-39-40-42-44-46-48-50-52-54-56-58-65(70)76-63(62-75-67(66(71)72)73-60-59-68(3,4)5)61-74-64(69)57-55-53-51-49-47-45-43-41-25-23-21-19-17-15-13-11-9-7-2/h8,10,14,16,20,22,26-27,29-30,32-33,35-36,38-39,42,44,48,50,63,67H,6-7,9,11-13,15,17-19,21,23-25,28,31,34,37,40-41,43,45-47,49,51-62H2,1-5H3/b10-8-,16-14-,22-20-,27-26-,30-29-,33-32-,36-35-,39-38-,44-42-,50-48-. The van der Waals surface area contributed by atoms with Crippen LogP contribution in [0.4, 0.5) is 0 Å². The van der Waals surface area contributed by atoms with E-state index in [1.165, 1.54) is 96.3 Å². The Balaban J connectivity index is 4.34. The van der Waals surface area contributed by atoms with Crippen LogP contribution in [0.15, 0.2) is 122 Å². The number of unbranched alkanes of at least 4 members (excludes halogenated alkanes) is 19. The zero-order valence-corrected chi connectivity index (χ0v) is 49.1. The van der Waals surface area contributed by atoms with Crippen molar-refractivity contribution in [3.63, 3.8) is 0 Å². The van der Waals surface area contributed by atoms with Gasteiger partial charge in [0.25, 0.3) is 0 Å². The van der Waals surface area contributed by atoms with Gasteiger partial charge in [-0.15, -0.1) is 0 Å². The summed E-state index contributed by atoms with van der Waals surface area (Å²) in [4.78, 5) is 37.3. The van der Waals surface area contributed by atoms with Gasteiger partial charge in [0.15, 0.2) is 12.4 Å². The van der Waals surface area contributed by atoms with Gasteiger partial charge in [-0.25, -0.2) is 0 Å². The fraction of sp³-hybridized carbons (Fsp3) is 0.657. The van der Waals surface area contributed by atoms with Crippen LogP contribution in [-0.4, -0.2) is 82.3 Å². The summed E-state index contributed by atoms with van der Waals surface area (Å²) in [7, 11) is 5.90. The quantitative estimate of drug-likeness (QED) is 0.0195. The Morgan fingerprint density at radius 3 is 1.12 bits per heavy atom. The molecule has 0 rings (SSSR count). The number of ether oxygens (including phenoxy) is 4. The highest BCUT2D eigenvalue weighted by molar-refractivity contribution is 5.70. The smallest absolute Gasteiger partial charge is 0.306 e. The summed E-state index contributed by atoms with van der Waals surface area (Å²) in [5, 5.41) is 11.8. The minimum Gasteiger partial charge on any atom is -0.545 e.